The normalized spacial score (nSPS) is 17.7. The van der Waals surface area contributed by atoms with Crippen molar-refractivity contribution in [1.82, 2.24) is 4.98 Å². The lowest BCUT2D eigenvalue weighted by atomic mass is 10.1. The van der Waals surface area contributed by atoms with Crippen molar-refractivity contribution < 1.29 is 9.90 Å². The molecule has 23 heavy (non-hydrogen) atoms. The fraction of sp³-hybridized carbons (Fsp3) is 0.294. The van der Waals surface area contributed by atoms with Gasteiger partial charge in [0.15, 0.2) is 0 Å². The van der Waals surface area contributed by atoms with Crippen LogP contribution in [-0.4, -0.2) is 28.8 Å². The molecule has 2 aromatic rings. The summed E-state index contributed by atoms with van der Waals surface area (Å²) in [6, 6.07) is 11.9. The summed E-state index contributed by atoms with van der Waals surface area (Å²) in [7, 11) is 0. The van der Waals surface area contributed by atoms with E-state index in [1.165, 1.54) is 6.07 Å². The molecule has 3 N–H and O–H groups in total. The van der Waals surface area contributed by atoms with Gasteiger partial charge in [0.25, 0.3) is 0 Å². The lowest BCUT2D eigenvalue weighted by Crippen LogP contribution is -2.45. The number of aromatic amines is 1. The molecule has 1 fully saturated rings. The third kappa shape index (κ3) is 3.53. The van der Waals surface area contributed by atoms with Crippen molar-refractivity contribution in [3.63, 3.8) is 0 Å². The molecule has 6 heteroatoms. The first-order valence-electron chi connectivity index (χ1n) is 7.69. The number of pyridine rings is 1. The molecule has 1 aromatic carbocycles. The van der Waals surface area contributed by atoms with Gasteiger partial charge < -0.3 is 20.3 Å². The summed E-state index contributed by atoms with van der Waals surface area (Å²) in [5.74, 6) is -0.233. The first kappa shape index (κ1) is 15.1. The highest BCUT2D eigenvalue weighted by molar-refractivity contribution is 5.88. The van der Waals surface area contributed by atoms with E-state index >= 15 is 0 Å². The lowest BCUT2D eigenvalue weighted by Gasteiger charge is -2.38. The van der Waals surface area contributed by atoms with Gasteiger partial charge in [0.1, 0.15) is 12.0 Å². The molecular weight excluding hydrogens is 294 g/mol. The predicted octanol–water partition coefficient (Wildman–Crippen LogP) is 2.50. The molecule has 0 aliphatic carbocycles. The van der Waals surface area contributed by atoms with Crippen molar-refractivity contribution in [2.45, 2.75) is 25.4 Å². The topological polar surface area (TPSA) is 85.4 Å². The van der Waals surface area contributed by atoms with E-state index in [4.69, 9.17) is 5.11 Å². The Balaban J connectivity index is 1.80. The van der Waals surface area contributed by atoms with Crippen LogP contribution in [0, 0.1) is 0 Å². The number of anilines is 2. The van der Waals surface area contributed by atoms with E-state index in [1.807, 2.05) is 18.2 Å². The summed E-state index contributed by atoms with van der Waals surface area (Å²) in [4.78, 5) is 27.4. The maximum atomic E-state index is 11.4. The first-order valence-corrected chi connectivity index (χ1v) is 7.69. The van der Waals surface area contributed by atoms with Gasteiger partial charge in [-0.3, -0.25) is 4.79 Å². The Bertz CT molecular complexity index is 739. The second-order valence-electron chi connectivity index (χ2n) is 5.63. The summed E-state index contributed by atoms with van der Waals surface area (Å²) in [6.45, 7) is 0.890. The molecule has 1 aromatic heterocycles. The molecule has 0 radical (unpaired) electrons. The molecule has 1 aliphatic heterocycles. The number of rotatable bonds is 4. The number of H-pyrrole nitrogens is 1. The molecule has 0 bridgehead atoms. The van der Waals surface area contributed by atoms with Crippen molar-refractivity contribution in [3.05, 3.63) is 58.4 Å². The monoisotopic (exact) mass is 313 g/mol. The van der Waals surface area contributed by atoms with Crippen LogP contribution in [0.3, 0.4) is 0 Å². The Kier molecular flexibility index (Phi) is 4.32. The molecule has 0 saturated carbocycles. The third-order valence-corrected chi connectivity index (χ3v) is 4.04. The Hall–Kier alpha value is -2.76. The molecule has 2 heterocycles. The number of nitrogens with one attached hydrogen (secondary N) is 2. The van der Waals surface area contributed by atoms with Gasteiger partial charge in [0.05, 0.1) is 5.56 Å². The van der Waals surface area contributed by atoms with Crippen LogP contribution >= 0.6 is 0 Å². The number of nitrogens with zero attached hydrogens (tertiary/aromatic N) is 1. The zero-order valence-corrected chi connectivity index (χ0v) is 12.7. The molecule has 0 amide bonds. The van der Waals surface area contributed by atoms with Gasteiger partial charge in [-0.15, -0.1) is 0 Å². The zero-order chi connectivity index (χ0) is 16.2. The summed E-state index contributed by atoms with van der Waals surface area (Å²) in [6.07, 6.45) is 3.22. The minimum atomic E-state index is -0.924. The number of hydrogen-bond acceptors (Lipinski definition) is 4. The fourth-order valence-electron chi connectivity index (χ4n) is 2.90. The second kappa shape index (κ2) is 6.56. The van der Waals surface area contributed by atoms with Crippen LogP contribution in [-0.2, 0) is 0 Å². The van der Waals surface area contributed by atoms with E-state index in [2.05, 4.69) is 15.2 Å². The second-order valence-corrected chi connectivity index (χ2v) is 5.63. The van der Waals surface area contributed by atoms with E-state index in [9.17, 15) is 9.59 Å². The van der Waals surface area contributed by atoms with Crippen LogP contribution < -0.4 is 15.8 Å². The van der Waals surface area contributed by atoms with Crippen LogP contribution in [0.1, 0.15) is 29.6 Å². The van der Waals surface area contributed by atoms with Gasteiger partial charge in [-0.2, -0.15) is 0 Å². The van der Waals surface area contributed by atoms with Crippen molar-refractivity contribution in [1.29, 1.82) is 0 Å². The third-order valence-electron chi connectivity index (χ3n) is 4.04. The number of piperidine rings is 1. The largest absolute Gasteiger partial charge is 0.478 e. The van der Waals surface area contributed by atoms with Crippen molar-refractivity contribution in [3.8, 4) is 0 Å². The smallest absolute Gasteiger partial charge is 0.335 e. The molecule has 3 rings (SSSR count). The molecule has 120 valence electrons. The average molecular weight is 313 g/mol. The Morgan fingerprint density at radius 2 is 1.96 bits per heavy atom. The summed E-state index contributed by atoms with van der Waals surface area (Å²) >= 11 is 0. The van der Waals surface area contributed by atoms with Crippen molar-refractivity contribution in [2.75, 3.05) is 16.8 Å². The number of carbonyl (C=O) groups is 1. The molecule has 0 spiro atoms. The highest BCUT2D eigenvalue weighted by Gasteiger charge is 2.23. The number of aromatic nitrogens is 1. The van der Waals surface area contributed by atoms with E-state index < -0.39 is 5.97 Å². The first-order chi connectivity index (χ1) is 11.1. The van der Waals surface area contributed by atoms with Crippen LogP contribution in [0.4, 0.5) is 11.5 Å². The van der Waals surface area contributed by atoms with E-state index in [0.717, 1.165) is 31.5 Å². The highest BCUT2D eigenvalue weighted by Crippen LogP contribution is 2.25. The quantitative estimate of drug-likeness (QED) is 0.807. The summed E-state index contributed by atoms with van der Waals surface area (Å²) in [5, 5.41) is 12.4. The van der Waals surface area contributed by atoms with Crippen molar-refractivity contribution >= 4 is 17.5 Å². The van der Waals surface area contributed by atoms with E-state index in [1.54, 1.807) is 18.2 Å². The number of hydrogen-bond donors (Lipinski definition) is 3. The maximum absolute atomic E-state index is 11.4. The molecule has 1 aliphatic rings. The number of benzene rings is 1. The predicted molar refractivity (Wildman–Crippen MR) is 89.1 cm³/mol. The number of aromatic carboxylic acids is 1. The standard InChI is InChI=1S/C17H19N3O3/c21-16-6-3-4-14(19-16)18-15-5-1-2-11-20(15)13-9-7-12(8-10-13)17(22)23/h3-4,6-10,15H,1-2,5,11H2,(H,22,23)(H2,18,19,21). The summed E-state index contributed by atoms with van der Waals surface area (Å²) < 4.78 is 0. The number of carboxylic acids is 1. The van der Waals surface area contributed by atoms with Crippen LogP contribution in [0.5, 0.6) is 0 Å². The zero-order valence-electron chi connectivity index (χ0n) is 12.7. The van der Waals surface area contributed by atoms with Crippen LogP contribution in [0.15, 0.2) is 47.3 Å². The molecule has 1 atom stereocenters. The van der Waals surface area contributed by atoms with Gasteiger partial charge in [0, 0.05) is 18.3 Å². The fourth-order valence-corrected chi connectivity index (χ4v) is 2.90. The molecule has 1 unspecified atom stereocenters. The lowest BCUT2D eigenvalue weighted by molar-refractivity contribution is 0.0697. The van der Waals surface area contributed by atoms with E-state index in [-0.39, 0.29) is 17.3 Å². The highest BCUT2D eigenvalue weighted by atomic mass is 16.4. The van der Waals surface area contributed by atoms with Gasteiger partial charge in [-0.05, 0) is 49.6 Å². The molecular formula is C17H19N3O3. The van der Waals surface area contributed by atoms with Crippen molar-refractivity contribution in [2.24, 2.45) is 0 Å². The Labute approximate surface area is 133 Å². The minimum absolute atomic E-state index is 0.0671. The minimum Gasteiger partial charge on any atom is -0.478 e. The van der Waals surface area contributed by atoms with Crippen LogP contribution in [0.25, 0.3) is 0 Å². The Morgan fingerprint density at radius 3 is 2.65 bits per heavy atom. The molecule has 6 nitrogen and oxygen atoms in total. The summed E-state index contributed by atoms with van der Waals surface area (Å²) in [5.41, 5.74) is 1.12. The van der Waals surface area contributed by atoms with Gasteiger partial charge >= 0.3 is 5.97 Å². The average Bonchev–Trinajstić information content (AvgIpc) is 2.55. The maximum Gasteiger partial charge on any atom is 0.335 e. The van der Waals surface area contributed by atoms with Gasteiger partial charge in [-0.1, -0.05) is 6.07 Å². The van der Waals surface area contributed by atoms with Gasteiger partial charge in [-0.25, -0.2) is 4.79 Å². The van der Waals surface area contributed by atoms with E-state index in [0.29, 0.717) is 5.82 Å². The SMILES string of the molecule is O=C(O)c1ccc(N2CCCCC2Nc2cccc(=O)[nH]2)cc1. The van der Waals surface area contributed by atoms with Gasteiger partial charge in [0.2, 0.25) is 5.56 Å². The number of carboxylic acid groups (broad SMARTS) is 1. The Morgan fingerprint density at radius 1 is 1.17 bits per heavy atom. The molecule has 1 saturated heterocycles. The van der Waals surface area contributed by atoms with Crippen LogP contribution in [0.2, 0.25) is 0 Å².